The highest BCUT2D eigenvalue weighted by Gasteiger charge is 2.38. The predicted molar refractivity (Wildman–Crippen MR) is 89.3 cm³/mol. The molecule has 0 N–H and O–H groups in total. The summed E-state index contributed by atoms with van der Waals surface area (Å²) in [6.45, 7) is 2.78. The first-order chi connectivity index (χ1) is 10.2. The topological polar surface area (TPSA) is 23.6 Å². The summed E-state index contributed by atoms with van der Waals surface area (Å²) >= 11 is 5.67. The minimum atomic E-state index is -0.00108. The highest BCUT2D eigenvalue weighted by atomic mass is 32.1. The molecule has 1 aliphatic carbocycles. The van der Waals surface area contributed by atoms with Crippen molar-refractivity contribution in [1.29, 1.82) is 0 Å². The fourth-order valence-corrected chi connectivity index (χ4v) is 3.83. The molecule has 0 radical (unpaired) electrons. The number of para-hydroxylation sites is 1. The standard InChI is InChI=1S/C17H22N2OS/c1-13-12-18(14-8-4-2-5-9-14)17(21)19(16(13)20)15-10-6-3-7-11-15/h3,6-7,10-11,13-14H,2,4-5,8-9,12H2,1H3. The van der Waals surface area contributed by atoms with Gasteiger partial charge in [-0.05, 0) is 37.2 Å². The Morgan fingerprint density at radius 3 is 2.43 bits per heavy atom. The van der Waals surface area contributed by atoms with E-state index < -0.39 is 0 Å². The van der Waals surface area contributed by atoms with Gasteiger partial charge in [-0.3, -0.25) is 9.69 Å². The van der Waals surface area contributed by atoms with Crippen molar-refractivity contribution in [2.45, 2.75) is 45.1 Å². The third kappa shape index (κ3) is 2.82. The second-order valence-corrected chi connectivity index (χ2v) is 6.50. The molecule has 1 saturated carbocycles. The van der Waals surface area contributed by atoms with Gasteiger partial charge in [0.15, 0.2) is 5.11 Å². The SMILES string of the molecule is CC1CN(C2CCCCC2)C(=S)N(c2ccccc2)C1=O. The van der Waals surface area contributed by atoms with Crippen LogP contribution in [0.3, 0.4) is 0 Å². The average Bonchev–Trinajstić information content (AvgIpc) is 2.53. The first-order valence-electron chi connectivity index (χ1n) is 7.88. The lowest BCUT2D eigenvalue weighted by Crippen LogP contribution is -2.59. The van der Waals surface area contributed by atoms with E-state index in [4.69, 9.17) is 12.2 Å². The number of thiocarbonyl (C=S) groups is 1. The molecule has 2 aliphatic rings. The Morgan fingerprint density at radius 2 is 1.76 bits per heavy atom. The summed E-state index contributed by atoms with van der Waals surface area (Å²) in [5, 5.41) is 0.691. The van der Waals surface area contributed by atoms with Gasteiger partial charge < -0.3 is 4.90 Å². The summed E-state index contributed by atoms with van der Waals surface area (Å²) < 4.78 is 0. The van der Waals surface area contributed by atoms with Gasteiger partial charge in [-0.1, -0.05) is 44.4 Å². The molecule has 1 heterocycles. The molecular formula is C17H22N2OS. The van der Waals surface area contributed by atoms with Crippen molar-refractivity contribution in [3.8, 4) is 0 Å². The second-order valence-electron chi connectivity index (χ2n) is 6.14. The maximum absolute atomic E-state index is 12.6. The summed E-state index contributed by atoms with van der Waals surface area (Å²) in [6.07, 6.45) is 6.27. The fraction of sp³-hybridized carbons (Fsp3) is 0.529. The minimum absolute atomic E-state index is 0.00108. The lowest BCUT2D eigenvalue weighted by atomic mass is 9.92. The Morgan fingerprint density at radius 1 is 1.10 bits per heavy atom. The van der Waals surface area contributed by atoms with E-state index in [2.05, 4.69) is 4.90 Å². The summed E-state index contributed by atoms with van der Waals surface area (Å²) in [6, 6.07) is 10.3. The zero-order valence-electron chi connectivity index (χ0n) is 12.5. The van der Waals surface area contributed by atoms with Crippen LogP contribution in [0.1, 0.15) is 39.0 Å². The number of anilines is 1. The Balaban J connectivity index is 1.88. The van der Waals surface area contributed by atoms with Gasteiger partial charge in [0.2, 0.25) is 5.91 Å². The molecule has 1 aromatic rings. The minimum Gasteiger partial charge on any atom is -0.345 e. The van der Waals surface area contributed by atoms with Gasteiger partial charge in [-0.25, -0.2) is 0 Å². The van der Waals surface area contributed by atoms with Crippen molar-refractivity contribution in [3.05, 3.63) is 30.3 Å². The van der Waals surface area contributed by atoms with Gasteiger partial charge in [0.05, 0.1) is 11.6 Å². The monoisotopic (exact) mass is 302 g/mol. The Kier molecular flexibility index (Phi) is 4.24. The maximum Gasteiger partial charge on any atom is 0.237 e. The molecule has 1 saturated heterocycles. The number of carbonyl (C=O) groups excluding carboxylic acids is 1. The second kappa shape index (κ2) is 6.14. The van der Waals surface area contributed by atoms with Crippen molar-refractivity contribution in [2.75, 3.05) is 11.4 Å². The molecule has 2 fully saturated rings. The zero-order valence-corrected chi connectivity index (χ0v) is 13.3. The van der Waals surface area contributed by atoms with E-state index >= 15 is 0 Å². The first kappa shape index (κ1) is 14.5. The predicted octanol–water partition coefficient (Wildman–Crippen LogP) is 3.59. The molecular weight excluding hydrogens is 280 g/mol. The molecule has 1 atom stereocenters. The zero-order chi connectivity index (χ0) is 14.8. The van der Waals surface area contributed by atoms with Crippen LogP contribution in [0.25, 0.3) is 0 Å². The van der Waals surface area contributed by atoms with E-state index in [1.54, 1.807) is 4.90 Å². The van der Waals surface area contributed by atoms with Crippen LogP contribution in [0.5, 0.6) is 0 Å². The number of carbonyl (C=O) groups is 1. The number of hydrogen-bond acceptors (Lipinski definition) is 2. The molecule has 3 nitrogen and oxygen atoms in total. The Bertz CT molecular complexity index is 525. The Labute approximate surface area is 131 Å². The van der Waals surface area contributed by atoms with E-state index in [1.807, 2.05) is 37.3 Å². The average molecular weight is 302 g/mol. The van der Waals surface area contributed by atoms with Crippen molar-refractivity contribution in [2.24, 2.45) is 5.92 Å². The van der Waals surface area contributed by atoms with Crippen LogP contribution in [0.4, 0.5) is 5.69 Å². The van der Waals surface area contributed by atoms with E-state index in [9.17, 15) is 4.79 Å². The molecule has 1 aromatic carbocycles. The molecule has 0 bridgehead atoms. The molecule has 1 aliphatic heterocycles. The summed E-state index contributed by atoms with van der Waals surface area (Å²) in [7, 11) is 0. The lowest BCUT2D eigenvalue weighted by Gasteiger charge is -2.45. The highest BCUT2D eigenvalue weighted by Crippen LogP contribution is 2.30. The molecule has 3 rings (SSSR count). The van der Waals surface area contributed by atoms with Gasteiger partial charge in [0, 0.05) is 12.6 Å². The van der Waals surface area contributed by atoms with E-state index in [1.165, 1.54) is 32.1 Å². The number of benzene rings is 1. The maximum atomic E-state index is 12.6. The van der Waals surface area contributed by atoms with Crippen LogP contribution >= 0.6 is 12.2 Å². The van der Waals surface area contributed by atoms with Gasteiger partial charge in [0.25, 0.3) is 0 Å². The molecule has 0 aromatic heterocycles. The number of hydrogen-bond donors (Lipinski definition) is 0. The van der Waals surface area contributed by atoms with Gasteiger partial charge in [0.1, 0.15) is 0 Å². The van der Waals surface area contributed by atoms with Crippen LogP contribution in [0.2, 0.25) is 0 Å². The molecule has 0 spiro atoms. The Hall–Kier alpha value is -1.42. The van der Waals surface area contributed by atoms with Gasteiger partial charge in [-0.15, -0.1) is 0 Å². The van der Waals surface area contributed by atoms with Crippen molar-refractivity contribution < 1.29 is 4.79 Å². The number of rotatable bonds is 2. The third-order valence-electron chi connectivity index (χ3n) is 4.58. The number of nitrogens with zero attached hydrogens (tertiary/aromatic N) is 2. The van der Waals surface area contributed by atoms with Crippen molar-refractivity contribution >= 4 is 28.9 Å². The van der Waals surface area contributed by atoms with Crippen LogP contribution in [-0.4, -0.2) is 28.5 Å². The van der Waals surface area contributed by atoms with Crippen LogP contribution in [0, 0.1) is 5.92 Å². The third-order valence-corrected chi connectivity index (χ3v) is 5.00. The smallest absolute Gasteiger partial charge is 0.237 e. The van der Waals surface area contributed by atoms with Gasteiger partial charge >= 0.3 is 0 Å². The van der Waals surface area contributed by atoms with Crippen molar-refractivity contribution in [1.82, 2.24) is 4.90 Å². The number of amides is 1. The van der Waals surface area contributed by atoms with Crippen LogP contribution < -0.4 is 4.90 Å². The fourth-order valence-electron chi connectivity index (χ4n) is 3.41. The lowest BCUT2D eigenvalue weighted by molar-refractivity contribution is -0.122. The molecule has 112 valence electrons. The van der Waals surface area contributed by atoms with E-state index in [0.717, 1.165) is 12.2 Å². The largest absolute Gasteiger partial charge is 0.345 e. The molecule has 21 heavy (non-hydrogen) atoms. The highest BCUT2D eigenvalue weighted by molar-refractivity contribution is 7.80. The summed E-state index contributed by atoms with van der Waals surface area (Å²) in [5.41, 5.74) is 0.889. The summed E-state index contributed by atoms with van der Waals surface area (Å²) in [5.74, 6) is 0.122. The van der Waals surface area contributed by atoms with Crippen LogP contribution in [-0.2, 0) is 4.79 Å². The van der Waals surface area contributed by atoms with E-state index in [-0.39, 0.29) is 11.8 Å². The molecule has 4 heteroatoms. The van der Waals surface area contributed by atoms with Crippen LogP contribution in [0.15, 0.2) is 30.3 Å². The molecule has 1 amide bonds. The normalized spacial score (nSPS) is 24.5. The van der Waals surface area contributed by atoms with Crippen molar-refractivity contribution in [3.63, 3.8) is 0 Å². The first-order valence-corrected chi connectivity index (χ1v) is 8.29. The quantitative estimate of drug-likeness (QED) is 0.780. The summed E-state index contributed by atoms with van der Waals surface area (Å²) in [4.78, 5) is 16.6. The van der Waals surface area contributed by atoms with Gasteiger partial charge in [-0.2, -0.15) is 0 Å². The molecule has 1 unspecified atom stereocenters. The van der Waals surface area contributed by atoms with E-state index in [0.29, 0.717) is 11.2 Å².